The Morgan fingerprint density at radius 2 is 2.16 bits per heavy atom. The lowest BCUT2D eigenvalue weighted by atomic mass is 10.0. The summed E-state index contributed by atoms with van der Waals surface area (Å²) in [5.74, 6) is 0.0588. The molecule has 0 aliphatic carbocycles. The number of nitrogens with zero attached hydrogens (tertiary/aromatic N) is 3. The van der Waals surface area contributed by atoms with Crippen LogP contribution in [0, 0.1) is 0 Å². The van der Waals surface area contributed by atoms with E-state index in [2.05, 4.69) is 15.4 Å². The van der Waals surface area contributed by atoms with Gasteiger partial charge in [0.2, 0.25) is 11.9 Å². The van der Waals surface area contributed by atoms with Gasteiger partial charge in [-0.05, 0) is 12.0 Å². The molecule has 1 heterocycles. The van der Waals surface area contributed by atoms with E-state index in [4.69, 9.17) is 5.73 Å². The SMILES string of the molecule is CCC(NC(=O)Cn1cnc(N)n1)c1ccccc1. The monoisotopic (exact) mass is 259 g/mol. The molecule has 0 saturated carbocycles. The molecule has 6 nitrogen and oxygen atoms in total. The lowest BCUT2D eigenvalue weighted by Crippen LogP contribution is -2.31. The predicted molar refractivity (Wildman–Crippen MR) is 72.1 cm³/mol. The Hall–Kier alpha value is -2.37. The summed E-state index contributed by atoms with van der Waals surface area (Å²) in [7, 11) is 0. The summed E-state index contributed by atoms with van der Waals surface area (Å²) in [6, 6.07) is 9.89. The van der Waals surface area contributed by atoms with Crippen molar-refractivity contribution in [3.05, 3.63) is 42.2 Å². The number of benzene rings is 1. The van der Waals surface area contributed by atoms with Gasteiger partial charge in [-0.15, -0.1) is 5.10 Å². The molecular formula is C13H17N5O. The zero-order valence-corrected chi connectivity index (χ0v) is 10.8. The van der Waals surface area contributed by atoms with E-state index in [1.807, 2.05) is 37.3 Å². The van der Waals surface area contributed by atoms with Gasteiger partial charge in [-0.2, -0.15) is 0 Å². The molecular weight excluding hydrogens is 242 g/mol. The van der Waals surface area contributed by atoms with E-state index in [0.717, 1.165) is 12.0 Å². The van der Waals surface area contributed by atoms with Gasteiger partial charge in [0.25, 0.3) is 0 Å². The normalized spacial score (nSPS) is 12.1. The Bertz CT molecular complexity index is 537. The summed E-state index contributed by atoms with van der Waals surface area (Å²) >= 11 is 0. The third kappa shape index (κ3) is 3.54. The zero-order chi connectivity index (χ0) is 13.7. The molecule has 0 spiro atoms. The predicted octanol–water partition coefficient (Wildman–Crippen LogP) is 1.13. The molecule has 0 aliphatic heterocycles. The first kappa shape index (κ1) is 13.1. The molecule has 2 rings (SSSR count). The molecule has 100 valence electrons. The molecule has 1 amide bonds. The zero-order valence-electron chi connectivity index (χ0n) is 10.8. The van der Waals surface area contributed by atoms with Crippen LogP contribution in [0.15, 0.2) is 36.7 Å². The molecule has 19 heavy (non-hydrogen) atoms. The van der Waals surface area contributed by atoms with Crippen LogP contribution in [0.25, 0.3) is 0 Å². The van der Waals surface area contributed by atoms with Gasteiger partial charge in [0.1, 0.15) is 12.9 Å². The number of rotatable bonds is 5. The van der Waals surface area contributed by atoms with Crippen molar-refractivity contribution in [1.29, 1.82) is 0 Å². The van der Waals surface area contributed by atoms with Gasteiger partial charge in [0.15, 0.2) is 0 Å². The summed E-state index contributed by atoms with van der Waals surface area (Å²) in [6.45, 7) is 2.15. The third-order valence-electron chi connectivity index (χ3n) is 2.81. The van der Waals surface area contributed by atoms with Crippen LogP contribution >= 0.6 is 0 Å². The molecule has 1 aromatic heterocycles. The van der Waals surface area contributed by atoms with E-state index >= 15 is 0 Å². The Balaban J connectivity index is 1.97. The van der Waals surface area contributed by atoms with Gasteiger partial charge >= 0.3 is 0 Å². The molecule has 0 fully saturated rings. The summed E-state index contributed by atoms with van der Waals surface area (Å²) in [5, 5.41) is 6.85. The van der Waals surface area contributed by atoms with Crippen LogP contribution in [-0.4, -0.2) is 20.7 Å². The topological polar surface area (TPSA) is 85.8 Å². The Kier molecular flexibility index (Phi) is 4.12. The highest BCUT2D eigenvalue weighted by Gasteiger charge is 2.13. The van der Waals surface area contributed by atoms with Crippen molar-refractivity contribution in [2.45, 2.75) is 25.9 Å². The molecule has 0 saturated heterocycles. The number of anilines is 1. The number of nitrogen functional groups attached to an aromatic ring is 1. The molecule has 0 radical (unpaired) electrons. The number of hydrogen-bond donors (Lipinski definition) is 2. The van der Waals surface area contributed by atoms with Crippen LogP contribution in [0.5, 0.6) is 0 Å². The number of carbonyl (C=O) groups excluding carboxylic acids is 1. The smallest absolute Gasteiger partial charge is 0.242 e. The minimum atomic E-state index is -0.111. The quantitative estimate of drug-likeness (QED) is 0.842. The Morgan fingerprint density at radius 3 is 2.74 bits per heavy atom. The summed E-state index contributed by atoms with van der Waals surface area (Å²) < 4.78 is 1.42. The standard InChI is InChI=1S/C13H17N5O/c1-2-11(10-6-4-3-5-7-10)16-12(19)8-18-9-15-13(14)17-18/h3-7,9,11H,2,8H2,1H3,(H2,14,17)(H,16,19). The molecule has 1 aromatic carbocycles. The average Bonchev–Trinajstić information content (AvgIpc) is 2.82. The molecule has 1 atom stereocenters. The van der Waals surface area contributed by atoms with E-state index in [0.29, 0.717) is 0 Å². The van der Waals surface area contributed by atoms with Crippen molar-refractivity contribution >= 4 is 11.9 Å². The van der Waals surface area contributed by atoms with Crippen LogP contribution in [0.4, 0.5) is 5.95 Å². The molecule has 0 aliphatic rings. The van der Waals surface area contributed by atoms with Crippen molar-refractivity contribution in [2.75, 3.05) is 5.73 Å². The van der Waals surface area contributed by atoms with Crippen molar-refractivity contribution in [1.82, 2.24) is 20.1 Å². The van der Waals surface area contributed by atoms with Crippen molar-refractivity contribution in [3.8, 4) is 0 Å². The number of amides is 1. The van der Waals surface area contributed by atoms with E-state index in [-0.39, 0.29) is 24.4 Å². The van der Waals surface area contributed by atoms with Gasteiger partial charge in [-0.3, -0.25) is 4.79 Å². The number of hydrogen-bond acceptors (Lipinski definition) is 4. The number of aromatic nitrogens is 3. The van der Waals surface area contributed by atoms with Crippen LogP contribution < -0.4 is 11.1 Å². The lowest BCUT2D eigenvalue weighted by Gasteiger charge is -2.17. The minimum absolute atomic E-state index is 0.00886. The largest absolute Gasteiger partial charge is 0.367 e. The second kappa shape index (κ2) is 5.99. The first-order valence-electron chi connectivity index (χ1n) is 6.18. The van der Waals surface area contributed by atoms with Crippen molar-refractivity contribution < 1.29 is 4.79 Å². The summed E-state index contributed by atoms with van der Waals surface area (Å²) in [6.07, 6.45) is 2.27. The van der Waals surface area contributed by atoms with E-state index in [1.54, 1.807) is 0 Å². The highest BCUT2D eigenvalue weighted by Crippen LogP contribution is 2.15. The first-order chi connectivity index (χ1) is 9.19. The van der Waals surface area contributed by atoms with Gasteiger partial charge < -0.3 is 11.1 Å². The van der Waals surface area contributed by atoms with Gasteiger partial charge in [0.05, 0.1) is 6.04 Å². The summed E-state index contributed by atoms with van der Waals surface area (Å²) in [4.78, 5) is 15.7. The Morgan fingerprint density at radius 1 is 1.42 bits per heavy atom. The molecule has 6 heteroatoms. The highest BCUT2D eigenvalue weighted by molar-refractivity contribution is 5.76. The van der Waals surface area contributed by atoms with E-state index < -0.39 is 0 Å². The fraction of sp³-hybridized carbons (Fsp3) is 0.308. The fourth-order valence-electron chi connectivity index (χ4n) is 1.88. The Labute approximate surface area is 111 Å². The van der Waals surface area contributed by atoms with Crippen LogP contribution in [0.2, 0.25) is 0 Å². The van der Waals surface area contributed by atoms with Crippen LogP contribution in [0.1, 0.15) is 24.9 Å². The van der Waals surface area contributed by atoms with Gasteiger partial charge in [-0.25, -0.2) is 9.67 Å². The number of carbonyl (C=O) groups is 1. The number of nitrogens with two attached hydrogens (primary N) is 1. The number of nitrogens with one attached hydrogen (secondary N) is 1. The molecule has 1 unspecified atom stereocenters. The van der Waals surface area contributed by atoms with Gasteiger partial charge in [-0.1, -0.05) is 37.3 Å². The van der Waals surface area contributed by atoms with Crippen LogP contribution in [0.3, 0.4) is 0 Å². The fourth-order valence-corrected chi connectivity index (χ4v) is 1.88. The van der Waals surface area contributed by atoms with E-state index in [1.165, 1.54) is 11.0 Å². The lowest BCUT2D eigenvalue weighted by molar-refractivity contribution is -0.122. The van der Waals surface area contributed by atoms with Crippen molar-refractivity contribution in [2.24, 2.45) is 0 Å². The maximum Gasteiger partial charge on any atom is 0.242 e. The molecule has 2 aromatic rings. The first-order valence-corrected chi connectivity index (χ1v) is 6.18. The highest BCUT2D eigenvalue weighted by atomic mass is 16.2. The van der Waals surface area contributed by atoms with Crippen LogP contribution in [-0.2, 0) is 11.3 Å². The summed E-state index contributed by atoms with van der Waals surface area (Å²) in [5.41, 5.74) is 6.49. The second-order valence-electron chi connectivity index (χ2n) is 4.24. The molecule has 3 N–H and O–H groups in total. The average molecular weight is 259 g/mol. The third-order valence-corrected chi connectivity index (χ3v) is 2.81. The molecule has 0 bridgehead atoms. The second-order valence-corrected chi connectivity index (χ2v) is 4.24. The van der Waals surface area contributed by atoms with Gasteiger partial charge in [0, 0.05) is 0 Å². The minimum Gasteiger partial charge on any atom is -0.367 e. The maximum absolute atomic E-state index is 11.9. The maximum atomic E-state index is 11.9. The van der Waals surface area contributed by atoms with Crippen molar-refractivity contribution in [3.63, 3.8) is 0 Å². The van der Waals surface area contributed by atoms with E-state index in [9.17, 15) is 4.79 Å².